The van der Waals surface area contributed by atoms with Crippen molar-refractivity contribution < 1.29 is 19.5 Å². The lowest BCUT2D eigenvalue weighted by molar-refractivity contribution is -0.139. The number of aliphatic carboxylic acids is 1. The first-order valence-corrected chi connectivity index (χ1v) is 6.24. The van der Waals surface area contributed by atoms with Crippen LogP contribution in [0.15, 0.2) is 24.3 Å². The molecule has 0 saturated carbocycles. The molecule has 0 aliphatic rings. The smallest absolute Gasteiger partial charge is 0.326 e. The van der Waals surface area contributed by atoms with Crippen LogP contribution in [0.1, 0.15) is 41.0 Å². The number of hydrogen-bond acceptors (Lipinski definition) is 3. The van der Waals surface area contributed by atoms with Crippen LogP contribution in [-0.2, 0) is 4.79 Å². The summed E-state index contributed by atoms with van der Waals surface area (Å²) in [6, 6.07) is 4.89. The van der Waals surface area contributed by atoms with Gasteiger partial charge in [0.1, 0.15) is 6.04 Å². The van der Waals surface area contributed by atoms with E-state index in [0.29, 0.717) is 6.42 Å². The average Bonchev–Trinajstić information content (AvgIpc) is 2.37. The van der Waals surface area contributed by atoms with Crippen LogP contribution in [0.4, 0.5) is 0 Å². The van der Waals surface area contributed by atoms with Crippen molar-refractivity contribution in [3.8, 4) is 0 Å². The van der Waals surface area contributed by atoms with Crippen LogP contribution in [0.5, 0.6) is 0 Å². The van der Waals surface area contributed by atoms with Gasteiger partial charge in [0.05, 0.1) is 0 Å². The number of hydrogen-bond donors (Lipinski definition) is 3. The Kier molecular flexibility index (Phi) is 5.25. The molecular formula is C14H18N2O4. The highest BCUT2D eigenvalue weighted by molar-refractivity contribution is 6.00. The molecule has 0 saturated heterocycles. The number of primary amides is 1. The van der Waals surface area contributed by atoms with Crippen molar-refractivity contribution >= 4 is 17.8 Å². The molecule has 0 aromatic heterocycles. The number of amides is 2. The van der Waals surface area contributed by atoms with Crippen molar-refractivity contribution in [3.05, 3.63) is 35.4 Å². The molecular weight excluding hydrogens is 260 g/mol. The Morgan fingerprint density at radius 2 is 1.85 bits per heavy atom. The zero-order chi connectivity index (χ0) is 15.3. The van der Waals surface area contributed by atoms with Gasteiger partial charge in [-0.15, -0.1) is 0 Å². The first-order chi connectivity index (χ1) is 9.31. The van der Waals surface area contributed by atoms with Gasteiger partial charge in [-0.2, -0.15) is 0 Å². The van der Waals surface area contributed by atoms with Gasteiger partial charge in [-0.05, 0) is 30.5 Å². The fraction of sp³-hybridized carbons (Fsp3) is 0.357. The molecule has 0 bridgehead atoms. The van der Waals surface area contributed by atoms with Crippen LogP contribution >= 0.6 is 0 Å². The minimum atomic E-state index is -1.09. The highest BCUT2D eigenvalue weighted by Crippen LogP contribution is 2.08. The summed E-state index contributed by atoms with van der Waals surface area (Å²) in [6.07, 6.45) is 0.330. The molecule has 0 heterocycles. The van der Waals surface area contributed by atoms with Crippen LogP contribution in [0, 0.1) is 5.92 Å². The zero-order valence-corrected chi connectivity index (χ0v) is 11.4. The summed E-state index contributed by atoms with van der Waals surface area (Å²) >= 11 is 0. The van der Waals surface area contributed by atoms with Crippen molar-refractivity contribution in [1.82, 2.24) is 5.32 Å². The van der Waals surface area contributed by atoms with Crippen molar-refractivity contribution in [1.29, 1.82) is 0 Å². The number of nitrogens with two attached hydrogens (primary N) is 1. The molecule has 1 rings (SSSR count). The summed E-state index contributed by atoms with van der Waals surface area (Å²) in [6.45, 7) is 3.74. The zero-order valence-electron chi connectivity index (χ0n) is 11.4. The first kappa shape index (κ1) is 15.7. The quantitative estimate of drug-likeness (QED) is 0.721. The van der Waals surface area contributed by atoms with Crippen LogP contribution in [-0.4, -0.2) is 28.9 Å². The normalized spacial score (nSPS) is 11.9. The molecule has 4 N–H and O–H groups in total. The average molecular weight is 278 g/mol. The van der Waals surface area contributed by atoms with Crippen LogP contribution < -0.4 is 11.1 Å². The topological polar surface area (TPSA) is 109 Å². The van der Waals surface area contributed by atoms with Gasteiger partial charge >= 0.3 is 5.97 Å². The van der Waals surface area contributed by atoms with E-state index in [1.165, 1.54) is 24.3 Å². The van der Waals surface area contributed by atoms with Crippen molar-refractivity contribution in [2.45, 2.75) is 26.3 Å². The predicted molar refractivity (Wildman–Crippen MR) is 73.3 cm³/mol. The van der Waals surface area contributed by atoms with Crippen molar-refractivity contribution in [2.24, 2.45) is 11.7 Å². The molecule has 2 amide bonds. The van der Waals surface area contributed by atoms with E-state index >= 15 is 0 Å². The molecule has 1 aromatic rings. The van der Waals surface area contributed by atoms with E-state index in [4.69, 9.17) is 10.8 Å². The monoisotopic (exact) mass is 278 g/mol. The van der Waals surface area contributed by atoms with E-state index in [1.54, 1.807) is 0 Å². The summed E-state index contributed by atoms with van der Waals surface area (Å²) in [7, 11) is 0. The SMILES string of the molecule is CC(C)CC(NC(=O)c1cccc(C(N)=O)c1)C(=O)O. The summed E-state index contributed by atoms with van der Waals surface area (Å²) in [5, 5.41) is 11.5. The van der Waals surface area contributed by atoms with E-state index in [2.05, 4.69) is 5.32 Å². The third kappa shape index (κ3) is 4.38. The van der Waals surface area contributed by atoms with Crippen molar-refractivity contribution in [3.63, 3.8) is 0 Å². The maximum atomic E-state index is 12.0. The van der Waals surface area contributed by atoms with E-state index in [-0.39, 0.29) is 17.0 Å². The molecule has 0 aliphatic heterocycles. The molecule has 0 spiro atoms. The first-order valence-electron chi connectivity index (χ1n) is 6.24. The molecule has 1 unspecified atom stereocenters. The molecule has 6 heteroatoms. The number of benzene rings is 1. The molecule has 1 atom stereocenters. The second-order valence-electron chi connectivity index (χ2n) is 4.94. The third-order valence-corrected chi connectivity index (χ3v) is 2.72. The Bertz CT molecular complexity index is 526. The van der Waals surface area contributed by atoms with E-state index in [9.17, 15) is 14.4 Å². The Morgan fingerprint density at radius 1 is 1.25 bits per heavy atom. The number of carbonyl (C=O) groups is 3. The molecule has 108 valence electrons. The lowest BCUT2D eigenvalue weighted by Gasteiger charge is -2.16. The molecule has 0 fully saturated rings. The minimum absolute atomic E-state index is 0.133. The van der Waals surface area contributed by atoms with Crippen LogP contribution in [0.3, 0.4) is 0 Å². The van der Waals surface area contributed by atoms with Gasteiger partial charge in [0.25, 0.3) is 5.91 Å². The number of nitrogens with one attached hydrogen (secondary N) is 1. The summed E-state index contributed by atoms with van der Waals surface area (Å²) < 4.78 is 0. The molecule has 0 aliphatic carbocycles. The standard InChI is InChI=1S/C14H18N2O4/c1-8(2)6-11(14(19)20)16-13(18)10-5-3-4-9(7-10)12(15)17/h3-5,7-8,11H,6H2,1-2H3,(H2,15,17)(H,16,18)(H,19,20). The Balaban J connectivity index is 2.86. The fourth-order valence-electron chi connectivity index (χ4n) is 1.75. The van der Waals surface area contributed by atoms with Crippen molar-refractivity contribution in [2.75, 3.05) is 0 Å². The molecule has 1 aromatic carbocycles. The van der Waals surface area contributed by atoms with Crippen LogP contribution in [0.2, 0.25) is 0 Å². The summed E-state index contributed by atoms with van der Waals surface area (Å²) in [4.78, 5) is 34.1. The molecule has 20 heavy (non-hydrogen) atoms. The lowest BCUT2D eigenvalue weighted by atomic mass is 10.0. The number of rotatable bonds is 6. The lowest BCUT2D eigenvalue weighted by Crippen LogP contribution is -2.41. The second-order valence-corrected chi connectivity index (χ2v) is 4.94. The second kappa shape index (κ2) is 6.70. The van der Waals surface area contributed by atoms with E-state index in [1.807, 2.05) is 13.8 Å². The van der Waals surface area contributed by atoms with E-state index < -0.39 is 23.8 Å². The number of carboxylic acids is 1. The maximum Gasteiger partial charge on any atom is 0.326 e. The molecule has 0 radical (unpaired) electrons. The van der Waals surface area contributed by atoms with Gasteiger partial charge in [-0.25, -0.2) is 4.79 Å². The van der Waals surface area contributed by atoms with Gasteiger partial charge in [-0.3, -0.25) is 9.59 Å². The predicted octanol–water partition coefficient (Wildman–Crippen LogP) is 1.01. The minimum Gasteiger partial charge on any atom is -0.480 e. The van der Waals surface area contributed by atoms with Gasteiger partial charge < -0.3 is 16.2 Å². The van der Waals surface area contributed by atoms with Gasteiger partial charge in [0.2, 0.25) is 5.91 Å². The van der Waals surface area contributed by atoms with Gasteiger partial charge in [0, 0.05) is 11.1 Å². The Hall–Kier alpha value is -2.37. The Morgan fingerprint density at radius 3 is 2.35 bits per heavy atom. The highest BCUT2D eigenvalue weighted by atomic mass is 16.4. The van der Waals surface area contributed by atoms with Crippen LogP contribution in [0.25, 0.3) is 0 Å². The molecule has 6 nitrogen and oxygen atoms in total. The number of carboxylic acid groups (broad SMARTS) is 1. The van der Waals surface area contributed by atoms with Gasteiger partial charge in [-0.1, -0.05) is 19.9 Å². The maximum absolute atomic E-state index is 12.0. The number of carbonyl (C=O) groups excluding carboxylic acids is 2. The highest BCUT2D eigenvalue weighted by Gasteiger charge is 2.21. The summed E-state index contributed by atoms with van der Waals surface area (Å²) in [5.41, 5.74) is 5.54. The Labute approximate surface area is 117 Å². The van der Waals surface area contributed by atoms with E-state index in [0.717, 1.165) is 0 Å². The third-order valence-electron chi connectivity index (χ3n) is 2.72. The largest absolute Gasteiger partial charge is 0.480 e. The fourth-order valence-corrected chi connectivity index (χ4v) is 1.75. The van der Waals surface area contributed by atoms with Gasteiger partial charge in [0.15, 0.2) is 0 Å². The summed E-state index contributed by atoms with van der Waals surface area (Å²) in [5.74, 6) is -2.13.